The summed E-state index contributed by atoms with van der Waals surface area (Å²) in [5.74, 6) is 0.750. The van der Waals surface area contributed by atoms with Gasteiger partial charge < -0.3 is 4.74 Å². The third kappa shape index (κ3) is 6.15. The predicted octanol–water partition coefficient (Wildman–Crippen LogP) is 5.03. The maximum Gasteiger partial charge on any atom is 0.416 e. The van der Waals surface area contributed by atoms with Crippen molar-refractivity contribution >= 4 is 15.7 Å². The van der Waals surface area contributed by atoms with E-state index in [0.717, 1.165) is 35.7 Å². The quantitative estimate of drug-likeness (QED) is 0.380. The van der Waals surface area contributed by atoms with Gasteiger partial charge in [0.05, 0.1) is 17.0 Å². The first kappa shape index (κ1) is 24.2. The molecule has 0 spiro atoms. The Morgan fingerprint density at radius 1 is 0.971 bits per heavy atom. The number of ether oxygens (including phenoxy) is 1. The van der Waals surface area contributed by atoms with Gasteiger partial charge in [-0.1, -0.05) is 12.1 Å². The fraction of sp³-hybridized carbons (Fsp3) is 0.174. The van der Waals surface area contributed by atoms with E-state index in [1.807, 2.05) is 19.9 Å². The number of aromatic nitrogens is 4. The van der Waals surface area contributed by atoms with Crippen LogP contribution in [0, 0.1) is 13.8 Å². The highest BCUT2D eigenvalue weighted by molar-refractivity contribution is 7.91. The maximum absolute atomic E-state index is 12.7. The minimum absolute atomic E-state index is 0.229. The van der Waals surface area contributed by atoms with Gasteiger partial charge in [-0.25, -0.2) is 23.1 Å². The number of sulfonamides is 1. The van der Waals surface area contributed by atoms with Crippen molar-refractivity contribution < 1.29 is 26.3 Å². The van der Waals surface area contributed by atoms with Crippen molar-refractivity contribution in [3.05, 3.63) is 89.5 Å². The highest BCUT2D eigenvalue weighted by Crippen LogP contribution is 2.29. The van der Waals surface area contributed by atoms with Crippen LogP contribution < -0.4 is 9.46 Å². The molecule has 0 radical (unpaired) electrons. The monoisotopic (exact) mass is 503 g/mol. The predicted molar refractivity (Wildman–Crippen MR) is 123 cm³/mol. The molecule has 0 aliphatic carbocycles. The lowest BCUT2D eigenvalue weighted by Crippen LogP contribution is -2.15. The second-order valence-corrected chi connectivity index (χ2v) is 9.46. The van der Waals surface area contributed by atoms with Crippen LogP contribution in [0.4, 0.5) is 18.9 Å². The fourth-order valence-corrected chi connectivity index (χ4v) is 4.50. The number of alkyl halides is 3. The molecule has 0 atom stereocenters. The standard InChI is InChI=1S/C23H20F3N5O3S/c1-15-11-16(2)31(29-15)21-12-22(28-14-27-21)34-20-9-7-19(8-10-20)30-35(32,33)13-17-3-5-18(6-4-17)23(24,25)26/h3-12,14,30H,13H2,1-2H3. The molecule has 0 aliphatic heterocycles. The molecule has 0 saturated carbocycles. The van der Waals surface area contributed by atoms with E-state index in [1.165, 1.54) is 18.5 Å². The Labute approximate surface area is 199 Å². The van der Waals surface area contributed by atoms with E-state index in [-0.39, 0.29) is 17.1 Å². The molecule has 4 rings (SSSR count). The van der Waals surface area contributed by atoms with Gasteiger partial charge in [0.25, 0.3) is 0 Å². The molecule has 0 amide bonds. The lowest BCUT2D eigenvalue weighted by atomic mass is 10.1. The summed E-state index contributed by atoms with van der Waals surface area (Å²) in [6.45, 7) is 3.78. The molecule has 12 heteroatoms. The first-order valence-corrected chi connectivity index (χ1v) is 11.9. The zero-order valence-corrected chi connectivity index (χ0v) is 19.4. The van der Waals surface area contributed by atoms with Crippen molar-refractivity contribution in [2.45, 2.75) is 25.8 Å². The van der Waals surface area contributed by atoms with Crippen LogP contribution in [0.25, 0.3) is 5.82 Å². The Hall–Kier alpha value is -3.93. The van der Waals surface area contributed by atoms with Gasteiger partial charge in [-0.3, -0.25) is 4.72 Å². The zero-order chi connectivity index (χ0) is 25.2. The Balaban J connectivity index is 1.41. The number of halogens is 3. The van der Waals surface area contributed by atoms with Gasteiger partial charge in [0, 0.05) is 17.4 Å². The molecule has 8 nitrogen and oxygen atoms in total. The van der Waals surface area contributed by atoms with Crippen LogP contribution in [0.15, 0.2) is 67.0 Å². The van der Waals surface area contributed by atoms with Crippen LogP contribution in [0.1, 0.15) is 22.5 Å². The minimum atomic E-state index is -4.48. The van der Waals surface area contributed by atoms with Crippen LogP contribution in [0.5, 0.6) is 11.6 Å². The van der Waals surface area contributed by atoms with E-state index in [0.29, 0.717) is 11.6 Å². The lowest BCUT2D eigenvalue weighted by molar-refractivity contribution is -0.137. The summed E-state index contributed by atoms with van der Waals surface area (Å²) in [7, 11) is -3.85. The number of hydrogen-bond donors (Lipinski definition) is 1. The molecule has 0 saturated heterocycles. The van der Waals surface area contributed by atoms with Crippen LogP contribution >= 0.6 is 0 Å². The average molecular weight is 504 g/mol. The van der Waals surface area contributed by atoms with Gasteiger partial charge in [-0.05, 0) is 61.9 Å². The summed E-state index contributed by atoms with van der Waals surface area (Å²) in [5.41, 5.74) is 1.41. The molecule has 35 heavy (non-hydrogen) atoms. The molecule has 2 aromatic carbocycles. The number of anilines is 1. The van der Waals surface area contributed by atoms with E-state index in [9.17, 15) is 21.6 Å². The lowest BCUT2D eigenvalue weighted by Gasteiger charge is -2.11. The highest BCUT2D eigenvalue weighted by atomic mass is 32.2. The Kier molecular flexibility index (Phi) is 6.48. The zero-order valence-electron chi connectivity index (χ0n) is 18.6. The van der Waals surface area contributed by atoms with E-state index < -0.39 is 27.5 Å². The van der Waals surface area contributed by atoms with Crippen molar-refractivity contribution in [3.63, 3.8) is 0 Å². The normalized spacial score (nSPS) is 11.9. The van der Waals surface area contributed by atoms with Crippen molar-refractivity contribution in [1.82, 2.24) is 19.7 Å². The Morgan fingerprint density at radius 3 is 2.26 bits per heavy atom. The van der Waals surface area contributed by atoms with Crippen LogP contribution in [0.2, 0.25) is 0 Å². The summed E-state index contributed by atoms with van der Waals surface area (Å²) in [6.07, 6.45) is -3.13. The second-order valence-electron chi connectivity index (χ2n) is 7.74. The second kappa shape index (κ2) is 9.37. The molecular weight excluding hydrogens is 483 g/mol. The summed E-state index contributed by atoms with van der Waals surface area (Å²) in [4.78, 5) is 8.30. The van der Waals surface area contributed by atoms with Gasteiger partial charge >= 0.3 is 6.18 Å². The molecule has 4 aromatic rings. The minimum Gasteiger partial charge on any atom is -0.439 e. The van der Waals surface area contributed by atoms with Crippen molar-refractivity contribution in [2.24, 2.45) is 0 Å². The Bertz CT molecular complexity index is 1430. The molecule has 0 bridgehead atoms. The van der Waals surface area contributed by atoms with Gasteiger partial charge in [-0.2, -0.15) is 18.3 Å². The van der Waals surface area contributed by atoms with Gasteiger partial charge in [0.15, 0.2) is 5.82 Å². The largest absolute Gasteiger partial charge is 0.439 e. The smallest absolute Gasteiger partial charge is 0.416 e. The van der Waals surface area contributed by atoms with Crippen LogP contribution in [-0.4, -0.2) is 28.2 Å². The Morgan fingerprint density at radius 2 is 1.66 bits per heavy atom. The van der Waals surface area contributed by atoms with Gasteiger partial charge in [0.1, 0.15) is 12.1 Å². The molecule has 0 aliphatic rings. The summed E-state index contributed by atoms with van der Waals surface area (Å²) in [5, 5.41) is 4.37. The van der Waals surface area contributed by atoms with Crippen LogP contribution in [-0.2, 0) is 22.0 Å². The molecule has 182 valence electrons. The highest BCUT2D eigenvalue weighted by Gasteiger charge is 2.30. The summed E-state index contributed by atoms with van der Waals surface area (Å²) in [6, 6.07) is 13.6. The third-order valence-corrected chi connectivity index (χ3v) is 6.10. The first-order valence-electron chi connectivity index (χ1n) is 10.3. The average Bonchev–Trinajstić information content (AvgIpc) is 3.12. The molecule has 0 fully saturated rings. The first-order chi connectivity index (χ1) is 16.5. The van der Waals surface area contributed by atoms with Crippen molar-refractivity contribution in [2.75, 3.05) is 4.72 Å². The topological polar surface area (TPSA) is 99.0 Å². The van der Waals surface area contributed by atoms with E-state index in [1.54, 1.807) is 22.9 Å². The number of aryl methyl sites for hydroxylation is 2. The van der Waals surface area contributed by atoms with Gasteiger partial charge in [-0.15, -0.1) is 0 Å². The number of nitrogens with zero attached hydrogens (tertiary/aromatic N) is 4. The van der Waals surface area contributed by atoms with E-state index >= 15 is 0 Å². The summed E-state index contributed by atoms with van der Waals surface area (Å²) >= 11 is 0. The fourth-order valence-electron chi connectivity index (χ4n) is 3.30. The number of hydrogen-bond acceptors (Lipinski definition) is 6. The molecular formula is C23H20F3N5O3S. The SMILES string of the molecule is Cc1cc(C)n(-c2cc(Oc3ccc(NS(=O)(=O)Cc4ccc(C(F)(F)F)cc4)cc3)ncn2)n1. The number of nitrogens with one attached hydrogen (secondary N) is 1. The van der Waals surface area contributed by atoms with Crippen molar-refractivity contribution in [1.29, 1.82) is 0 Å². The van der Waals surface area contributed by atoms with E-state index in [2.05, 4.69) is 19.8 Å². The number of rotatable bonds is 7. The summed E-state index contributed by atoms with van der Waals surface area (Å²) < 4.78 is 72.7. The number of benzene rings is 2. The van der Waals surface area contributed by atoms with Crippen LogP contribution in [0.3, 0.4) is 0 Å². The molecule has 0 unspecified atom stereocenters. The van der Waals surface area contributed by atoms with Crippen molar-refractivity contribution in [3.8, 4) is 17.4 Å². The maximum atomic E-state index is 12.7. The molecule has 1 N–H and O–H groups in total. The molecule has 2 aromatic heterocycles. The van der Waals surface area contributed by atoms with Gasteiger partial charge in [0.2, 0.25) is 15.9 Å². The molecule has 2 heterocycles. The van der Waals surface area contributed by atoms with E-state index in [4.69, 9.17) is 4.74 Å². The third-order valence-electron chi connectivity index (χ3n) is 4.84.